The lowest BCUT2D eigenvalue weighted by atomic mass is 9.82. The normalized spacial score (nSPS) is 25.3. The van der Waals surface area contributed by atoms with Crippen LogP contribution >= 0.6 is 11.6 Å². The molecule has 1 saturated carbocycles. The Morgan fingerprint density at radius 3 is 2.61 bits per heavy atom. The third kappa shape index (κ3) is 5.11. The third-order valence-electron chi connectivity index (χ3n) is 8.49. The highest BCUT2D eigenvalue weighted by atomic mass is 35.5. The molecule has 6 rings (SSSR count). The Morgan fingerprint density at radius 2 is 1.89 bits per heavy atom. The number of fused-ring (bicyclic) bond motifs is 1. The highest BCUT2D eigenvalue weighted by Crippen LogP contribution is 2.38. The van der Waals surface area contributed by atoms with E-state index >= 15 is 0 Å². The first-order chi connectivity index (χ1) is 18.5. The fraction of sp³-hybridized carbons (Fsp3) is 0.571. The summed E-state index contributed by atoms with van der Waals surface area (Å²) in [5.74, 6) is 3.58. The topological polar surface area (TPSA) is 103 Å². The van der Waals surface area contributed by atoms with E-state index in [1.807, 2.05) is 24.3 Å². The maximum atomic E-state index is 11.8. The van der Waals surface area contributed by atoms with Gasteiger partial charge in [0.15, 0.2) is 17.6 Å². The van der Waals surface area contributed by atoms with Crippen molar-refractivity contribution in [3.63, 3.8) is 0 Å². The highest BCUT2D eigenvalue weighted by Gasteiger charge is 2.32. The molecule has 1 aliphatic carbocycles. The zero-order valence-corrected chi connectivity index (χ0v) is 22.7. The molecule has 10 heteroatoms. The van der Waals surface area contributed by atoms with Gasteiger partial charge < -0.3 is 14.1 Å². The number of ether oxygens (including phenoxy) is 1. The van der Waals surface area contributed by atoms with E-state index in [1.54, 1.807) is 0 Å². The molecule has 2 saturated heterocycles. The van der Waals surface area contributed by atoms with Gasteiger partial charge in [0, 0.05) is 36.3 Å². The van der Waals surface area contributed by atoms with Crippen LogP contribution in [0.2, 0.25) is 5.02 Å². The molecule has 3 aliphatic rings. The molecule has 0 spiro atoms. The minimum atomic E-state index is -0.661. The first-order valence-electron chi connectivity index (χ1n) is 13.8. The molecule has 3 fully saturated rings. The summed E-state index contributed by atoms with van der Waals surface area (Å²) in [6.07, 6.45) is 5.78. The number of nitrogens with one attached hydrogen (secondary N) is 2. The van der Waals surface area contributed by atoms with Gasteiger partial charge in [0.25, 0.3) is 0 Å². The summed E-state index contributed by atoms with van der Waals surface area (Å²) >= 11 is 6.43. The number of halogens is 1. The van der Waals surface area contributed by atoms with Gasteiger partial charge in [-0.3, -0.25) is 5.32 Å². The summed E-state index contributed by atoms with van der Waals surface area (Å²) in [6, 6.07) is 7.72. The molecule has 0 radical (unpaired) electrons. The first kappa shape index (κ1) is 25.5. The fourth-order valence-electron chi connectivity index (χ4n) is 6.17. The van der Waals surface area contributed by atoms with E-state index in [2.05, 4.69) is 29.2 Å². The Morgan fingerprint density at radius 1 is 1.11 bits per heavy atom. The van der Waals surface area contributed by atoms with Crippen molar-refractivity contribution in [2.24, 2.45) is 17.8 Å². The molecule has 38 heavy (non-hydrogen) atoms. The van der Waals surface area contributed by atoms with Crippen molar-refractivity contribution in [3.05, 3.63) is 40.9 Å². The van der Waals surface area contributed by atoms with Crippen LogP contribution in [0.3, 0.4) is 0 Å². The summed E-state index contributed by atoms with van der Waals surface area (Å²) in [5.41, 5.74) is 5.89. The van der Waals surface area contributed by atoms with Crippen molar-refractivity contribution in [2.75, 3.05) is 13.2 Å². The van der Waals surface area contributed by atoms with Crippen molar-refractivity contribution >= 4 is 28.9 Å². The molecule has 2 N–H and O–H groups in total. The van der Waals surface area contributed by atoms with Crippen LogP contribution in [0.4, 0.5) is 4.79 Å². The van der Waals surface area contributed by atoms with Gasteiger partial charge in [-0.1, -0.05) is 50.4 Å². The molecule has 9 nitrogen and oxygen atoms in total. The molecular weight excluding hydrogens is 504 g/mol. The van der Waals surface area contributed by atoms with Gasteiger partial charge in [0.05, 0.1) is 0 Å². The van der Waals surface area contributed by atoms with E-state index in [0.29, 0.717) is 28.3 Å². The van der Waals surface area contributed by atoms with Crippen LogP contribution in [0.1, 0.15) is 76.1 Å². The molecule has 2 atom stereocenters. The zero-order valence-electron chi connectivity index (χ0n) is 22.0. The van der Waals surface area contributed by atoms with Crippen molar-refractivity contribution in [3.8, 4) is 11.3 Å². The molecule has 2 aliphatic heterocycles. The maximum absolute atomic E-state index is 11.8. The lowest BCUT2D eigenvalue weighted by Gasteiger charge is -2.30. The number of carbonyl (C=O) groups is 1. The Kier molecular flexibility index (Phi) is 7.24. The van der Waals surface area contributed by atoms with E-state index in [1.165, 1.54) is 25.7 Å². The summed E-state index contributed by atoms with van der Waals surface area (Å²) in [5, 5.41) is 3.35. The number of nitrogens with zero attached hydrogens (tertiary/aromatic N) is 4. The van der Waals surface area contributed by atoms with Crippen molar-refractivity contribution in [1.82, 2.24) is 30.3 Å². The predicted molar refractivity (Wildman–Crippen MR) is 144 cm³/mol. The quantitative estimate of drug-likeness (QED) is 0.412. The second-order valence-corrected chi connectivity index (χ2v) is 11.6. The Bertz CT molecular complexity index is 1320. The Labute approximate surface area is 227 Å². The highest BCUT2D eigenvalue weighted by molar-refractivity contribution is 6.30. The molecule has 202 valence electrons. The molecule has 1 amide bonds. The van der Waals surface area contributed by atoms with Crippen LogP contribution in [-0.4, -0.2) is 38.8 Å². The van der Waals surface area contributed by atoms with E-state index in [9.17, 15) is 4.79 Å². The first-order valence-corrected chi connectivity index (χ1v) is 14.2. The summed E-state index contributed by atoms with van der Waals surface area (Å²) in [7, 11) is 0. The SMILES string of the molecule is CC1CCC(Cn2c(C(C)C3CCOCC3)nc3nc(C4NOC(=O)N4)nc(-c4cccc(Cl)c4)c32)CC1. The molecule has 2 unspecified atom stereocenters. The average molecular weight is 539 g/mol. The van der Waals surface area contributed by atoms with E-state index < -0.39 is 12.3 Å². The number of aromatic nitrogens is 4. The van der Waals surface area contributed by atoms with Gasteiger partial charge in [-0.15, -0.1) is 5.48 Å². The van der Waals surface area contributed by atoms with Crippen molar-refractivity contribution in [1.29, 1.82) is 0 Å². The number of carbonyl (C=O) groups excluding carboxylic acids is 1. The van der Waals surface area contributed by atoms with E-state index in [4.69, 9.17) is 36.1 Å². The van der Waals surface area contributed by atoms with Gasteiger partial charge in [0.2, 0.25) is 0 Å². The zero-order chi connectivity index (χ0) is 26.2. The van der Waals surface area contributed by atoms with Crippen LogP contribution in [0, 0.1) is 17.8 Å². The van der Waals surface area contributed by atoms with Crippen LogP contribution in [0.15, 0.2) is 24.3 Å². The largest absolute Gasteiger partial charge is 0.427 e. The summed E-state index contributed by atoms with van der Waals surface area (Å²) < 4.78 is 8.06. The van der Waals surface area contributed by atoms with Crippen LogP contribution < -0.4 is 10.8 Å². The number of imidazole rings is 1. The molecule has 4 heterocycles. The standard InChI is InChI=1S/C28H35ClN6O3/c1-16-6-8-18(9-7-16)15-35-23-22(20-4-3-5-21(29)14-20)30-25(26-33-28(36)38-34-26)31-24(23)32-27(35)17(2)19-10-12-37-13-11-19/h3-5,14,16-19,26,34H,6-13,15H2,1-2H3,(H,33,36). The van der Waals surface area contributed by atoms with Crippen LogP contribution in [0.25, 0.3) is 22.4 Å². The van der Waals surface area contributed by atoms with E-state index in [0.717, 1.165) is 61.1 Å². The summed E-state index contributed by atoms with van der Waals surface area (Å²) in [6.45, 7) is 7.12. The lowest BCUT2D eigenvalue weighted by Crippen LogP contribution is -2.25. The molecular formula is C28H35ClN6O3. The molecule has 0 bridgehead atoms. The van der Waals surface area contributed by atoms with E-state index in [-0.39, 0.29) is 5.92 Å². The van der Waals surface area contributed by atoms with Crippen molar-refractivity contribution in [2.45, 2.75) is 71.0 Å². The number of rotatable bonds is 6. The Balaban J connectivity index is 1.51. The molecule has 2 aromatic heterocycles. The Hall–Kier alpha value is -2.75. The maximum Gasteiger partial charge on any atom is 0.427 e. The number of amides is 1. The van der Waals surface area contributed by atoms with Gasteiger partial charge in [-0.25, -0.2) is 19.7 Å². The minimum Gasteiger partial charge on any atom is -0.381 e. The smallest absolute Gasteiger partial charge is 0.381 e. The van der Waals surface area contributed by atoms with Crippen molar-refractivity contribution < 1.29 is 14.4 Å². The van der Waals surface area contributed by atoms with Gasteiger partial charge in [-0.2, -0.15) is 0 Å². The molecule has 3 aromatic rings. The monoisotopic (exact) mass is 538 g/mol. The van der Waals surface area contributed by atoms with Gasteiger partial charge in [0.1, 0.15) is 17.0 Å². The second kappa shape index (κ2) is 10.8. The number of benzene rings is 1. The average Bonchev–Trinajstić information content (AvgIpc) is 3.53. The third-order valence-corrected chi connectivity index (χ3v) is 8.73. The minimum absolute atomic E-state index is 0.249. The van der Waals surface area contributed by atoms with Gasteiger partial charge >= 0.3 is 6.09 Å². The summed E-state index contributed by atoms with van der Waals surface area (Å²) in [4.78, 5) is 31.7. The number of hydrogen-bond acceptors (Lipinski definition) is 7. The second-order valence-electron chi connectivity index (χ2n) is 11.1. The predicted octanol–water partition coefficient (Wildman–Crippen LogP) is 5.75. The van der Waals surface area contributed by atoms with Crippen LogP contribution in [0.5, 0.6) is 0 Å². The number of hydrogen-bond donors (Lipinski definition) is 2. The number of hydroxylamine groups is 1. The fourth-order valence-corrected chi connectivity index (χ4v) is 6.36. The lowest BCUT2D eigenvalue weighted by molar-refractivity contribution is 0.0583. The van der Waals surface area contributed by atoms with Crippen LogP contribution in [-0.2, 0) is 16.1 Å². The molecule has 1 aromatic carbocycles. The van der Waals surface area contributed by atoms with Gasteiger partial charge in [-0.05, 0) is 55.6 Å².